The monoisotopic (exact) mass is 545 g/mol. The number of nitrogens with one attached hydrogen (secondary N) is 2. The van der Waals surface area contributed by atoms with Crippen molar-refractivity contribution in [1.29, 1.82) is 0 Å². The summed E-state index contributed by atoms with van der Waals surface area (Å²) in [7, 11) is 0. The molecule has 0 bridgehead atoms. The lowest BCUT2D eigenvalue weighted by molar-refractivity contribution is -0.384. The van der Waals surface area contributed by atoms with Crippen LogP contribution in [-0.4, -0.2) is 39.1 Å². The van der Waals surface area contributed by atoms with E-state index in [2.05, 4.69) is 22.5 Å². The first kappa shape index (κ1) is 26.1. The first-order chi connectivity index (χ1) is 18.8. The second-order valence-electron chi connectivity index (χ2n) is 9.32. The van der Waals surface area contributed by atoms with Crippen LogP contribution >= 0.6 is 12.2 Å². The highest BCUT2D eigenvalue weighted by Crippen LogP contribution is 2.34. The lowest BCUT2D eigenvalue weighted by atomic mass is 10.1. The SMILES string of the molecule is CCc1ccc2oc(-c3cc(NC(=S)NC(=O)c4ccc(N5CCCCC5)c([N+](=O)[O-])c4)ccc3O)nc2c1. The van der Waals surface area contributed by atoms with Gasteiger partial charge in [0.05, 0.1) is 10.5 Å². The number of nitrogens with zero attached hydrogens (tertiary/aromatic N) is 3. The molecule has 0 spiro atoms. The van der Waals surface area contributed by atoms with Gasteiger partial charge >= 0.3 is 0 Å². The third-order valence-corrected chi connectivity index (χ3v) is 6.91. The maximum absolute atomic E-state index is 12.9. The Morgan fingerprint density at radius 1 is 1.13 bits per heavy atom. The average molecular weight is 546 g/mol. The first-order valence-corrected chi connectivity index (χ1v) is 13.1. The fourth-order valence-corrected chi connectivity index (χ4v) is 4.85. The summed E-state index contributed by atoms with van der Waals surface area (Å²) < 4.78 is 5.84. The molecule has 0 saturated carbocycles. The third-order valence-electron chi connectivity index (χ3n) is 6.70. The lowest BCUT2D eigenvalue weighted by Gasteiger charge is -2.28. The number of carbonyl (C=O) groups is 1. The fraction of sp³-hybridized carbons (Fsp3) is 0.250. The van der Waals surface area contributed by atoms with E-state index in [1.54, 1.807) is 24.3 Å². The number of phenols is 1. The van der Waals surface area contributed by atoms with Gasteiger partial charge in [0.1, 0.15) is 17.0 Å². The van der Waals surface area contributed by atoms with Gasteiger partial charge in [0.2, 0.25) is 5.89 Å². The van der Waals surface area contributed by atoms with E-state index in [1.807, 2.05) is 23.1 Å². The Morgan fingerprint density at radius 3 is 2.67 bits per heavy atom. The normalized spacial score (nSPS) is 13.3. The van der Waals surface area contributed by atoms with Crippen molar-refractivity contribution in [3.05, 3.63) is 75.8 Å². The Balaban J connectivity index is 1.31. The zero-order valence-electron chi connectivity index (χ0n) is 21.3. The summed E-state index contributed by atoms with van der Waals surface area (Å²) in [4.78, 5) is 30.6. The molecule has 4 aromatic rings. The van der Waals surface area contributed by atoms with Crippen LogP contribution in [0.25, 0.3) is 22.6 Å². The van der Waals surface area contributed by atoms with Crippen LogP contribution in [0, 0.1) is 10.1 Å². The number of fused-ring (bicyclic) bond motifs is 1. The molecule has 1 fully saturated rings. The van der Waals surface area contributed by atoms with Crippen molar-refractivity contribution in [2.45, 2.75) is 32.6 Å². The number of aryl methyl sites for hydroxylation is 1. The average Bonchev–Trinajstić information content (AvgIpc) is 3.37. The molecule has 2 heterocycles. The van der Waals surface area contributed by atoms with Gasteiger partial charge in [0.25, 0.3) is 11.6 Å². The third kappa shape index (κ3) is 5.68. The summed E-state index contributed by atoms with van der Waals surface area (Å²) in [5.74, 6) is -0.361. The first-order valence-electron chi connectivity index (χ1n) is 12.7. The predicted octanol–water partition coefficient (Wildman–Crippen LogP) is 5.79. The summed E-state index contributed by atoms with van der Waals surface area (Å²) in [5, 5.41) is 27.6. The van der Waals surface area contributed by atoms with Crippen molar-refractivity contribution in [3.63, 3.8) is 0 Å². The molecule has 0 aliphatic carbocycles. The smallest absolute Gasteiger partial charge is 0.293 e. The van der Waals surface area contributed by atoms with E-state index < -0.39 is 10.8 Å². The van der Waals surface area contributed by atoms with E-state index in [4.69, 9.17) is 16.6 Å². The van der Waals surface area contributed by atoms with Gasteiger partial charge in [-0.3, -0.25) is 20.2 Å². The number of piperidine rings is 1. The van der Waals surface area contributed by atoms with Crippen LogP contribution in [0.4, 0.5) is 17.1 Å². The van der Waals surface area contributed by atoms with E-state index in [9.17, 15) is 20.0 Å². The quantitative estimate of drug-likeness (QED) is 0.119. The minimum atomic E-state index is -0.578. The number of oxazole rings is 1. The molecule has 1 amide bonds. The number of amides is 1. The van der Waals surface area contributed by atoms with Gasteiger partial charge in [-0.25, -0.2) is 4.98 Å². The van der Waals surface area contributed by atoms with E-state index in [-0.39, 0.29) is 28.0 Å². The van der Waals surface area contributed by atoms with E-state index in [0.29, 0.717) is 28.0 Å². The molecule has 0 radical (unpaired) electrons. The molecule has 11 heteroatoms. The number of hydrogen-bond donors (Lipinski definition) is 3. The molecule has 1 aliphatic rings. The van der Waals surface area contributed by atoms with Crippen molar-refractivity contribution >= 4 is 51.4 Å². The van der Waals surface area contributed by atoms with Gasteiger partial charge in [0, 0.05) is 30.4 Å². The summed E-state index contributed by atoms with van der Waals surface area (Å²) in [6.07, 6.45) is 3.92. The molecule has 0 atom stereocenters. The standard InChI is InChI=1S/C28H27N5O5S/c1-2-17-6-11-25-21(14-17)30-27(38-25)20-16-19(8-10-24(20)34)29-28(39)31-26(35)18-7-9-22(23(15-18)33(36)37)32-12-4-3-5-13-32/h6-11,14-16,34H,2-5,12-13H2,1H3,(H2,29,31,35,39). The summed E-state index contributed by atoms with van der Waals surface area (Å²) in [5.41, 5.74) is 3.76. The Labute approximate surface area is 229 Å². The van der Waals surface area contributed by atoms with Gasteiger partial charge < -0.3 is 19.7 Å². The van der Waals surface area contributed by atoms with Gasteiger partial charge in [0.15, 0.2) is 10.7 Å². The second-order valence-corrected chi connectivity index (χ2v) is 9.73. The van der Waals surface area contributed by atoms with Crippen molar-refractivity contribution in [2.24, 2.45) is 0 Å². The van der Waals surface area contributed by atoms with Crippen LogP contribution in [0.1, 0.15) is 42.1 Å². The van der Waals surface area contributed by atoms with Crippen LogP contribution in [0.3, 0.4) is 0 Å². The van der Waals surface area contributed by atoms with Crippen molar-refractivity contribution < 1.29 is 19.2 Å². The number of benzene rings is 3. The van der Waals surface area contributed by atoms with Gasteiger partial charge in [-0.05, 0) is 85.9 Å². The summed E-state index contributed by atoms with van der Waals surface area (Å²) in [6.45, 7) is 3.55. The molecule has 3 N–H and O–H groups in total. The number of carbonyl (C=O) groups excluding carboxylic acids is 1. The molecule has 10 nitrogen and oxygen atoms in total. The zero-order valence-corrected chi connectivity index (χ0v) is 22.1. The van der Waals surface area contributed by atoms with Gasteiger partial charge in [-0.2, -0.15) is 0 Å². The number of nitro groups is 1. The number of aromatic nitrogens is 1. The molecule has 200 valence electrons. The van der Waals surface area contributed by atoms with Crippen molar-refractivity contribution in [1.82, 2.24) is 10.3 Å². The number of nitro benzene ring substituents is 1. The number of rotatable bonds is 6. The maximum atomic E-state index is 12.9. The molecule has 0 unspecified atom stereocenters. The lowest BCUT2D eigenvalue weighted by Crippen LogP contribution is -2.34. The molecule has 1 aliphatic heterocycles. The topological polar surface area (TPSA) is 134 Å². The Morgan fingerprint density at radius 2 is 1.92 bits per heavy atom. The minimum absolute atomic E-state index is 0.00967. The van der Waals surface area contributed by atoms with Crippen LogP contribution in [0.15, 0.2) is 59.0 Å². The van der Waals surface area contributed by atoms with Crippen LogP contribution in [-0.2, 0) is 6.42 Å². The Kier molecular flexibility index (Phi) is 7.42. The molecule has 39 heavy (non-hydrogen) atoms. The van der Waals surface area contributed by atoms with Crippen LogP contribution in [0.5, 0.6) is 5.75 Å². The highest BCUT2D eigenvalue weighted by atomic mass is 32.1. The van der Waals surface area contributed by atoms with Gasteiger partial charge in [-0.15, -0.1) is 0 Å². The molecular weight excluding hydrogens is 518 g/mol. The largest absolute Gasteiger partial charge is 0.507 e. The highest BCUT2D eigenvalue weighted by Gasteiger charge is 2.23. The highest BCUT2D eigenvalue weighted by molar-refractivity contribution is 7.80. The number of hydrogen-bond acceptors (Lipinski definition) is 8. The summed E-state index contributed by atoms with van der Waals surface area (Å²) >= 11 is 5.31. The van der Waals surface area contributed by atoms with E-state index in [1.165, 1.54) is 12.1 Å². The zero-order chi connectivity index (χ0) is 27.5. The number of phenolic OH excluding ortho intramolecular Hbond substituents is 1. The Bertz CT molecular complexity index is 1580. The molecule has 5 rings (SSSR count). The Hall–Kier alpha value is -4.51. The number of thiocarbonyl (C=S) groups is 1. The number of aromatic hydroxyl groups is 1. The fourth-order valence-electron chi connectivity index (χ4n) is 4.64. The predicted molar refractivity (Wildman–Crippen MR) is 153 cm³/mol. The number of anilines is 2. The summed E-state index contributed by atoms with van der Waals surface area (Å²) in [6, 6.07) is 14.9. The molecule has 1 saturated heterocycles. The molecule has 1 aromatic heterocycles. The van der Waals surface area contributed by atoms with Gasteiger partial charge in [-0.1, -0.05) is 13.0 Å². The van der Waals surface area contributed by atoms with Crippen molar-refractivity contribution in [2.75, 3.05) is 23.3 Å². The van der Waals surface area contributed by atoms with E-state index >= 15 is 0 Å². The van der Waals surface area contributed by atoms with Crippen molar-refractivity contribution in [3.8, 4) is 17.2 Å². The molecular formula is C28H27N5O5S. The van der Waals surface area contributed by atoms with Crippen LogP contribution < -0.4 is 15.5 Å². The second kappa shape index (κ2) is 11.1. The van der Waals surface area contributed by atoms with E-state index in [0.717, 1.165) is 44.3 Å². The maximum Gasteiger partial charge on any atom is 0.293 e. The molecule has 3 aromatic carbocycles. The van der Waals surface area contributed by atoms with Crippen LogP contribution in [0.2, 0.25) is 0 Å². The minimum Gasteiger partial charge on any atom is -0.507 e.